The van der Waals surface area contributed by atoms with Crippen molar-refractivity contribution in [1.82, 2.24) is 4.98 Å². The topological polar surface area (TPSA) is 85.1 Å². The van der Waals surface area contributed by atoms with E-state index in [-0.39, 0.29) is 4.21 Å². The zero-order valence-corrected chi connectivity index (χ0v) is 12.6. The number of hydrogen-bond donors (Lipinski definition) is 2. The maximum atomic E-state index is 12.0. The van der Waals surface area contributed by atoms with Crippen LogP contribution in [0.15, 0.2) is 33.1 Å². The number of nitrogens with two attached hydrogens (primary N) is 1. The van der Waals surface area contributed by atoms with Crippen LogP contribution < -0.4 is 10.5 Å². The summed E-state index contributed by atoms with van der Waals surface area (Å²) in [6.45, 7) is 1.75. The van der Waals surface area contributed by atoms with Gasteiger partial charge in [-0.25, -0.2) is 13.4 Å². The minimum atomic E-state index is -3.59. The van der Waals surface area contributed by atoms with E-state index >= 15 is 0 Å². The highest BCUT2D eigenvalue weighted by atomic mass is 79.9. The molecule has 0 saturated heterocycles. The van der Waals surface area contributed by atoms with Crippen LogP contribution >= 0.6 is 27.3 Å². The first-order valence-corrected chi connectivity index (χ1v) is 7.98. The molecule has 0 aliphatic carbocycles. The van der Waals surface area contributed by atoms with E-state index in [0.29, 0.717) is 16.4 Å². The summed E-state index contributed by atoms with van der Waals surface area (Å²) in [5, 5.41) is 0.700. The number of rotatable bonds is 3. The molecule has 0 fully saturated rings. The van der Waals surface area contributed by atoms with Crippen molar-refractivity contribution in [1.29, 1.82) is 0 Å². The molecule has 0 radical (unpaired) electrons. The zero-order valence-electron chi connectivity index (χ0n) is 9.34. The lowest BCUT2D eigenvalue weighted by Gasteiger charge is -2.07. The third-order valence-electron chi connectivity index (χ3n) is 2.11. The third-order valence-corrected chi connectivity index (χ3v) is 5.59. The Morgan fingerprint density at radius 1 is 1.44 bits per heavy atom. The molecule has 1 heterocycles. The van der Waals surface area contributed by atoms with Gasteiger partial charge in [-0.3, -0.25) is 4.72 Å². The molecule has 2 aromatic rings. The molecular formula is C10H10BrN3O2S2. The fraction of sp³-hybridized carbons (Fsp3) is 0.100. The van der Waals surface area contributed by atoms with E-state index in [1.807, 2.05) is 0 Å². The van der Waals surface area contributed by atoms with Crippen LogP contribution in [0.25, 0.3) is 0 Å². The van der Waals surface area contributed by atoms with Gasteiger partial charge in [-0.15, -0.1) is 11.3 Å². The molecule has 18 heavy (non-hydrogen) atoms. The average Bonchev–Trinajstić information content (AvgIpc) is 2.71. The van der Waals surface area contributed by atoms with Crippen LogP contribution in [0.5, 0.6) is 0 Å². The Morgan fingerprint density at radius 2 is 2.17 bits per heavy atom. The number of anilines is 2. The van der Waals surface area contributed by atoms with Gasteiger partial charge in [-0.1, -0.05) is 0 Å². The fourth-order valence-electron chi connectivity index (χ4n) is 1.28. The number of nitrogens with one attached hydrogen (secondary N) is 1. The number of sulfonamides is 1. The summed E-state index contributed by atoms with van der Waals surface area (Å²) < 4.78 is 27.4. The van der Waals surface area contributed by atoms with Crippen molar-refractivity contribution in [3.05, 3.63) is 33.9 Å². The molecule has 0 atom stereocenters. The van der Waals surface area contributed by atoms with Crippen molar-refractivity contribution in [3.63, 3.8) is 0 Å². The standard InChI is InChI=1S/C10H10BrN3O2S2/c1-6-13-5-10(17-6)18(15,16)14-7-2-3-8(11)9(12)4-7/h2-5,14H,12H2,1H3. The van der Waals surface area contributed by atoms with Crippen LogP contribution in [-0.4, -0.2) is 13.4 Å². The number of nitrogen functional groups attached to an aromatic ring is 1. The van der Waals surface area contributed by atoms with Gasteiger partial charge in [0.2, 0.25) is 0 Å². The van der Waals surface area contributed by atoms with Crippen LogP contribution in [0.1, 0.15) is 5.01 Å². The molecule has 0 unspecified atom stereocenters. The lowest BCUT2D eigenvalue weighted by atomic mass is 10.3. The van der Waals surface area contributed by atoms with Gasteiger partial charge in [-0.05, 0) is 41.1 Å². The second-order valence-electron chi connectivity index (χ2n) is 3.54. The first kappa shape index (κ1) is 13.3. The van der Waals surface area contributed by atoms with Gasteiger partial charge in [0.1, 0.15) is 0 Å². The first-order valence-electron chi connectivity index (χ1n) is 4.89. The fourth-order valence-corrected chi connectivity index (χ4v) is 3.68. The minimum absolute atomic E-state index is 0.182. The van der Waals surface area contributed by atoms with Gasteiger partial charge in [0, 0.05) is 10.2 Å². The summed E-state index contributed by atoms with van der Waals surface area (Å²) in [5.41, 5.74) is 6.58. The Hall–Kier alpha value is -1.12. The summed E-state index contributed by atoms with van der Waals surface area (Å²) in [6, 6.07) is 4.87. The number of hydrogen-bond acceptors (Lipinski definition) is 5. The molecule has 96 valence electrons. The lowest BCUT2D eigenvalue weighted by Crippen LogP contribution is -2.11. The van der Waals surface area contributed by atoms with Crippen LogP contribution in [0.2, 0.25) is 0 Å². The van der Waals surface area contributed by atoms with Crippen LogP contribution in [0.4, 0.5) is 11.4 Å². The van der Waals surface area contributed by atoms with Gasteiger partial charge in [0.15, 0.2) is 4.21 Å². The third kappa shape index (κ3) is 2.82. The highest BCUT2D eigenvalue weighted by Crippen LogP contribution is 2.26. The SMILES string of the molecule is Cc1ncc(S(=O)(=O)Nc2ccc(Br)c(N)c2)s1. The molecule has 0 aliphatic heterocycles. The highest BCUT2D eigenvalue weighted by Gasteiger charge is 2.17. The normalized spacial score (nSPS) is 11.4. The maximum absolute atomic E-state index is 12.0. The number of benzene rings is 1. The molecule has 0 saturated carbocycles. The van der Waals surface area contributed by atoms with Crippen molar-refractivity contribution in [2.45, 2.75) is 11.1 Å². The predicted octanol–water partition coefficient (Wildman–Crippen LogP) is 2.60. The Bertz CT molecular complexity index is 682. The van der Waals surface area contributed by atoms with Gasteiger partial charge in [0.05, 0.1) is 16.9 Å². The summed E-state index contributed by atoms with van der Waals surface area (Å²) in [6.07, 6.45) is 1.34. The van der Waals surface area contributed by atoms with Crippen LogP contribution in [0.3, 0.4) is 0 Å². The molecule has 3 N–H and O–H groups in total. The van der Waals surface area contributed by atoms with E-state index in [9.17, 15) is 8.42 Å². The van der Waals surface area contributed by atoms with Gasteiger partial charge < -0.3 is 5.73 Å². The minimum Gasteiger partial charge on any atom is -0.398 e. The lowest BCUT2D eigenvalue weighted by molar-refractivity contribution is 0.603. The summed E-state index contributed by atoms with van der Waals surface area (Å²) >= 11 is 4.37. The molecule has 2 rings (SSSR count). The van der Waals surface area contributed by atoms with E-state index in [1.54, 1.807) is 25.1 Å². The molecule has 0 spiro atoms. The van der Waals surface area contributed by atoms with Crippen molar-refractivity contribution in [3.8, 4) is 0 Å². The van der Waals surface area contributed by atoms with Crippen LogP contribution in [-0.2, 0) is 10.0 Å². The van der Waals surface area contributed by atoms with Gasteiger partial charge >= 0.3 is 0 Å². The molecule has 5 nitrogen and oxygen atoms in total. The first-order chi connectivity index (χ1) is 8.38. The molecule has 0 amide bonds. The Balaban J connectivity index is 2.30. The Kier molecular flexibility index (Phi) is 3.60. The average molecular weight is 348 g/mol. The highest BCUT2D eigenvalue weighted by molar-refractivity contribution is 9.10. The van der Waals surface area contributed by atoms with Crippen molar-refractivity contribution in [2.24, 2.45) is 0 Å². The molecule has 0 aliphatic rings. The molecule has 1 aromatic carbocycles. The molecule has 1 aromatic heterocycles. The van der Waals surface area contributed by atoms with E-state index in [1.165, 1.54) is 6.20 Å². The van der Waals surface area contributed by atoms with E-state index in [2.05, 4.69) is 25.6 Å². The van der Waals surface area contributed by atoms with Crippen LogP contribution in [0, 0.1) is 6.92 Å². The number of thiazole rings is 1. The van der Waals surface area contributed by atoms with Crippen molar-refractivity contribution in [2.75, 3.05) is 10.5 Å². The zero-order chi connectivity index (χ0) is 13.3. The van der Waals surface area contributed by atoms with Crippen molar-refractivity contribution < 1.29 is 8.42 Å². The quantitative estimate of drug-likeness (QED) is 0.835. The summed E-state index contributed by atoms with van der Waals surface area (Å²) in [7, 11) is -3.59. The molecular weight excluding hydrogens is 338 g/mol. The summed E-state index contributed by atoms with van der Waals surface area (Å²) in [5.74, 6) is 0. The van der Waals surface area contributed by atoms with E-state index < -0.39 is 10.0 Å². The van der Waals surface area contributed by atoms with Gasteiger partial charge in [0.25, 0.3) is 10.0 Å². The van der Waals surface area contributed by atoms with E-state index in [4.69, 9.17) is 5.73 Å². The number of aryl methyl sites for hydroxylation is 1. The smallest absolute Gasteiger partial charge is 0.273 e. The van der Waals surface area contributed by atoms with Gasteiger partial charge in [-0.2, -0.15) is 0 Å². The monoisotopic (exact) mass is 347 g/mol. The Morgan fingerprint density at radius 3 is 2.72 bits per heavy atom. The van der Waals surface area contributed by atoms with E-state index in [0.717, 1.165) is 15.8 Å². The summed E-state index contributed by atoms with van der Waals surface area (Å²) in [4.78, 5) is 3.92. The van der Waals surface area contributed by atoms with Crippen molar-refractivity contribution >= 4 is 48.7 Å². The molecule has 8 heteroatoms. The predicted molar refractivity (Wildman–Crippen MR) is 76.2 cm³/mol. The number of nitrogens with zero attached hydrogens (tertiary/aromatic N) is 1. The number of aromatic nitrogens is 1. The number of halogens is 1. The maximum Gasteiger partial charge on any atom is 0.273 e. The molecule has 0 bridgehead atoms. The second kappa shape index (κ2) is 4.87. The second-order valence-corrected chi connectivity index (χ2v) is 7.54. The largest absolute Gasteiger partial charge is 0.398 e. The Labute approximate surface area is 117 Å².